The van der Waals surface area contributed by atoms with E-state index in [0.29, 0.717) is 11.3 Å². The van der Waals surface area contributed by atoms with E-state index >= 15 is 0 Å². The average molecular weight is 365 g/mol. The Labute approximate surface area is 135 Å². The molecule has 0 saturated heterocycles. The van der Waals surface area contributed by atoms with Gasteiger partial charge in [0.25, 0.3) is 0 Å². The van der Waals surface area contributed by atoms with Gasteiger partial charge in [0.1, 0.15) is 11.5 Å². The van der Waals surface area contributed by atoms with E-state index in [1.165, 1.54) is 31.4 Å². The van der Waals surface area contributed by atoms with Crippen molar-refractivity contribution < 1.29 is 24.9 Å². The molecule has 0 radical (unpaired) electrons. The van der Waals surface area contributed by atoms with Crippen LogP contribution in [0.4, 0.5) is 0 Å². The minimum atomic E-state index is -0.398. The summed E-state index contributed by atoms with van der Waals surface area (Å²) < 4.78 is 5.20. The Morgan fingerprint density at radius 3 is 2.55 bits per heavy atom. The van der Waals surface area contributed by atoms with Crippen molar-refractivity contribution in [1.82, 2.24) is 0 Å². The van der Waals surface area contributed by atoms with Crippen LogP contribution in [-0.2, 0) is 0 Å². The number of ether oxygens (including phenoxy) is 1. The number of hydrogen-bond donors (Lipinski definition) is 3. The summed E-state index contributed by atoms with van der Waals surface area (Å²) in [6.45, 7) is 0. The summed E-state index contributed by atoms with van der Waals surface area (Å²) in [5.74, 6) is -0.519. The van der Waals surface area contributed by atoms with Gasteiger partial charge in [-0.05, 0) is 45.8 Å². The monoisotopic (exact) mass is 364 g/mol. The lowest BCUT2D eigenvalue weighted by Gasteiger charge is -2.05. The topological polar surface area (TPSA) is 87.0 Å². The quantitative estimate of drug-likeness (QED) is 0.571. The largest absolute Gasteiger partial charge is 0.508 e. The van der Waals surface area contributed by atoms with Gasteiger partial charge in [-0.2, -0.15) is 0 Å². The maximum atomic E-state index is 12.1. The second kappa shape index (κ2) is 6.53. The zero-order valence-electron chi connectivity index (χ0n) is 11.6. The van der Waals surface area contributed by atoms with Gasteiger partial charge in [0, 0.05) is 11.6 Å². The second-order valence-electron chi connectivity index (χ2n) is 4.46. The van der Waals surface area contributed by atoms with Crippen LogP contribution >= 0.6 is 15.9 Å². The van der Waals surface area contributed by atoms with Crippen molar-refractivity contribution in [3.8, 4) is 23.0 Å². The molecule has 2 rings (SSSR count). The van der Waals surface area contributed by atoms with E-state index in [9.17, 15) is 20.1 Å². The zero-order valence-corrected chi connectivity index (χ0v) is 13.2. The van der Waals surface area contributed by atoms with Crippen LogP contribution in [0.15, 0.2) is 40.9 Å². The van der Waals surface area contributed by atoms with E-state index in [0.717, 1.165) is 6.07 Å². The first-order valence-corrected chi connectivity index (χ1v) is 7.02. The van der Waals surface area contributed by atoms with E-state index in [2.05, 4.69) is 15.9 Å². The van der Waals surface area contributed by atoms with Crippen LogP contribution < -0.4 is 4.74 Å². The molecule has 3 N–H and O–H groups in total. The lowest BCUT2D eigenvalue weighted by Crippen LogP contribution is -1.96. The Morgan fingerprint density at radius 2 is 1.86 bits per heavy atom. The molecule has 0 atom stereocenters. The Morgan fingerprint density at radius 1 is 1.14 bits per heavy atom. The highest BCUT2D eigenvalue weighted by Gasteiger charge is 2.13. The number of ketones is 1. The minimum Gasteiger partial charge on any atom is -0.508 e. The predicted molar refractivity (Wildman–Crippen MR) is 85.5 cm³/mol. The molecule has 0 heterocycles. The molecule has 0 spiro atoms. The molecule has 0 aromatic heterocycles. The number of benzene rings is 2. The number of halogens is 1. The molecule has 0 aliphatic heterocycles. The Hall–Kier alpha value is -2.47. The van der Waals surface area contributed by atoms with Crippen molar-refractivity contribution in [3.63, 3.8) is 0 Å². The molecule has 22 heavy (non-hydrogen) atoms. The molecule has 2 aromatic carbocycles. The molecule has 0 saturated carbocycles. The summed E-state index contributed by atoms with van der Waals surface area (Å²) in [5, 5.41) is 28.5. The molecule has 6 heteroatoms. The summed E-state index contributed by atoms with van der Waals surface area (Å²) >= 11 is 3.10. The normalized spacial score (nSPS) is 10.8. The van der Waals surface area contributed by atoms with E-state index in [1.54, 1.807) is 12.1 Å². The van der Waals surface area contributed by atoms with Crippen LogP contribution in [0.5, 0.6) is 23.0 Å². The molecule has 5 nitrogen and oxygen atoms in total. The summed E-state index contributed by atoms with van der Waals surface area (Å²) in [6, 6.07) is 7.05. The number of allylic oxidation sites excluding steroid dienone is 1. The number of methoxy groups -OCH3 is 1. The van der Waals surface area contributed by atoms with Crippen molar-refractivity contribution in [2.24, 2.45) is 0 Å². The molecule has 0 aliphatic rings. The predicted octanol–water partition coefficient (Wildman–Crippen LogP) is 3.47. The van der Waals surface area contributed by atoms with Crippen LogP contribution in [0.3, 0.4) is 0 Å². The van der Waals surface area contributed by atoms with Gasteiger partial charge in [0.15, 0.2) is 17.3 Å². The Kier molecular flexibility index (Phi) is 4.72. The van der Waals surface area contributed by atoms with Gasteiger partial charge >= 0.3 is 0 Å². The molecule has 0 unspecified atom stereocenters. The van der Waals surface area contributed by atoms with E-state index < -0.39 is 5.78 Å². The molecular formula is C16H13BrO5. The molecule has 0 bridgehead atoms. The lowest BCUT2D eigenvalue weighted by molar-refractivity contribution is 0.104. The van der Waals surface area contributed by atoms with Crippen LogP contribution in [-0.4, -0.2) is 28.2 Å². The average Bonchev–Trinajstić information content (AvgIpc) is 2.49. The molecule has 114 valence electrons. The summed E-state index contributed by atoms with van der Waals surface area (Å²) in [7, 11) is 1.43. The van der Waals surface area contributed by atoms with Crippen LogP contribution in [0.25, 0.3) is 6.08 Å². The van der Waals surface area contributed by atoms with Gasteiger partial charge in [-0.3, -0.25) is 4.79 Å². The maximum Gasteiger partial charge on any atom is 0.187 e. The molecule has 0 aliphatic carbocycles. The van der Waals surface area contributed by atoms with Crippen molar-refractivity contribution in [2.75, 3.05) is 7.11 Å². The van der Waals surface area contributed by atoms with E-state index in [1.807, 2.05) is 0 Å². The highest BCUT2D eigenvalue weighted by Crippen LogP contribution is 2.32. The van der Waals surface area contributed by atoms with E-state index in [4.69, 9.17) is 4.74 Å². The first-order valence-electron chi connectivity index (χ1n) is 6.23. The number of phenols is 3. The zero-order chi connectivity index (χ0) is 16.3. The van der Waals surface area contributed by atoms with Gasteiger partial charge in [-0.15, -0.1) is 0 Å². The Balaban J connectivity index is 2.29. The fraction of sp³-hybridized carbons (Fsp3) is 0.0625. The SMILES string of the molecule is COc1cc(/C=C/C(=O)c2cc(O)cc(O)c2Br)ccc1O. The van der Waals surface area contributed by atoms with Gasteiger partial charge < -0.3 is 20.1 Å². The molecule has 2 aromatic rings. The number of aromatic hydroxyl groups is 3. The lowest BCUT2D eigenvalue weighted by atomic mass is 10.1. The van der Waals surface area contributed by atoms with Gasteiger partial charge in [-0.25, -0.2) is 0 Å². The molecule has 0 amide bonds. The Bertz CT molecular complexity index is 752. The smallest absolute Gasteiger partial charge is 0.187 e. The van der Waals surface area contributed by atoms with Crippen molar-refractivity contribution in [2.45, 2.75) is 0 Å². The maximum absolute atomic E-state index is 12.1. The third-order valence-corrected chi connectivity index (χ3v) is 3.77. The summed E-state index contributed by atoms with van der Waals surface area (Å²) in [4.78, 5) is 12.1. The first kappa shape index (κ1) is 15.9. The standard InChI is InChI=1S/C16H13BrO5/c1-22-15-6-9(3-5-13(15)20)2-4-12(19)11-7-10(18)8-14(21)16(11)17/h2-8,18,20-21H,1H3/b4-2+. The first-order chi connectivity index (χ1) is 10.4. The molecular weight excluding hydrogens is 352 g/mol. The van der Waals surface area contributed by atoms with E-state index in [-0.39, 0.29) is 27.3 Å². The number of rotatable bonds is 4. The fourth-order valence-electron chi connectivity index (χ4n) is 1.83. The third-order valence-electron chi connectivity index (χ3n) is 2.93. The highest BCUT2D eigenvalue weighted by atomic mass is 79.9. The number of carbonyl (C=O) groups is 1. The van der Waals surface area contributed by atoms with Crippen molar-refractivity contribution in [1.29, 1.82) is 0 Å². The van der Waals surface area contributed by atoms with Gasteiger partial charge in [-0.1, -0.05) is 12.1 Å². The molecule has 0 fully saturated rings. The van der Waals surface area contributed by atoms with Crippen LogP contribution in [0, 0.1) is 0 Å². The van der Waals surface area contributed by atoms with Gasteiger partial charge in [0.05, 0.1) is 11.6 Å². The highest BCUT2D eigenvalue weighted by molar-refractivity contribution is 9.10. The van der Waals surface area contributed by atoms with Crippen LogP contribution in [0.1, 0.15) is 15.9 Å². The van der Waals surface area contributed by atoms with Gasteiger partial charge in [0.2, 0.25) is 0 Å². The number of phenolic OH excluding ortho intramolecular Hbond substituents is 3. The fourth-order valence-corrected chi connectivity index (χ4v) is 2.26. The second-order valence-corrected chi connectivity index (χ2v) is 5.25. The summed E-state index contributed by atoms with van der Waals surface area (Å²) in [6.07, 6.45) is 2.84. The van der Waals surface area contributed by atoms with Crippen molar-refractivity contribution in [3.05, 3.63) is 52.0 Å². The number of carbonyl (C=O) groups excluding carboxylic acids is 1. The number of hydrogen-bond acceptors (Lipinski definition) is 5. The minimum absolute atomic E-state index is 0.00613. The third kappa shape index (κ3) is 3.40. The van der Waals surface area contributed by atoms with Crippen molar-refractivity contribution >= 4 is 27.8 Å². The van der Waals surface area contributed by atoms with Crippen LogP contribution in [0.2, 0.25) is 0 Å². The summed E-state index contributed by atoms with van der Waals surface area (Å²) in [5.41, 5.74) is 0.794.